The lowest BCUT2D eigenvalue weighted by molar-refractivity contribution is -0.134. The van der Waals surface area contributed by atoms with Crippen molar-refractivity contribution >= 4 is 5.97 Å². The van der Waals surface area contributed by atoms with E-state index in [1.54, 1.807) is 6.92 Å². The Labute approximate surface area is 117 Å². The van der Waals surface area contributed by atoms with Gasteiger partial charge in [0.15, 0.2) is 0 Å². The van der Waals surface area contributed by atoms with Crippen molar-refractivity contribution in [3.63, 3.8) is 0 Å². The molecule has 1 aromatic carbocycles. The first kappa shape index (κ1) is 15.7. The number of esters is 1. The van der Waals surface area contributed by atoms with E-state index < -0.39 is 0 Å². The smallest absolute Gasteiger partial charge is 0.310 e. The van der Waals surface area contributed by atoms with Crippen LogP contribution in [0.5, 0.6) is 5.75 Å². The molecule has 0 spiro atoms. The highest BCUT2D eigenvalue weighted by Gasteiger charge is 2.24. The second kappa shape index (κ2) is 5.36. The van der Waals surface area contributed by atoms with Gasteiger partial charge in [-0.2, -0.15) is 0 Å². The van der Waals surface area contributed by atoms with Crippen molar-refractivity contribution in [1.82, 2.24) is 0 Å². The van der Waals surface area contributed by atoms with Crippen LogP contribution in [0.4, 0.5) is 0 Å². The van der Waals surface area contributed by atoms with Gasteiger partial charge in [-0.05, 0) is 28.5 Å². The molecule has 1 rings (SSSR count). The molecule has 0 aliphatic heterocycles. The maximum atomic E-state index is 11.5. The van der Waals surface area contributed by atoms with Gasteiger partial charge in [0.1, 0.15) is 5.75 Å². The maximum Gasteiger partial charge on any atom is 0.310 e. The fourth-order valence-electron chi connectivity index (χ4n) is 1.75. The summed E-state index contributed by atoms with van der Waals surface area (Å²) in [6.07, 6.45) is 0.380. The normalized spacial score (nSPS) is 12.4. The quantitative estimate of drug-likeness (QED) is 0.582. The minimum atomic E-state index is -0.206. The maximum absolute atomic E-state index is 11.5. The molecule has 2 nitrogen and oxygen atoms in total. The van der Waals surface area contributed by atoms with Crippen LogP contribution >= 0.6 is 0 Å². The summed E-state index contributed by atoms with van der Waals surface area (Å²) in [5, 5.41) is 0. The van der Waals surface area contributed by atoms with Gasteiger partial charge in [0, 0.05) is 12.0 Å². The molecule has 1 radical (unpaired) electrons. The molecule has 0 fully saturated rings. The third-order valence-electron chi connectivity index (χ3n) is 2.98. The van der Waals surface area contributed by atoms with E-state index in [9.17, 15) is 4.79 Å². The van der Waals surface area contributed by atoms with E-state index >= 15 is 0 Å². The molecule has 0 heterocycles. The van der Waals surface area contributed by atoms with Crippen LogP contribution in [0.1, 0.15) is 66.0 Å². The zero-order valence-corrected chi connectivity index (χ0v) is 13.2. The Morgan fingerprint density at radius 3 is 2.11 bits per heavy atom. The molecule has 0 saturated heterocycles. The van der Waals surface area contributed by atoms with Gasteiger partial charge in [-0.3, -0.25) is 4.79 Å². The number of carbonyl (C=O) groups is 1. The Morgan fingerprint density at radius 1 is 1.11 bits per heavy atom. The predicted octanol–water partition coefficient (Wildman–Crippen LogP) is 4.40. The van der Waals surface area contributed by atoms with Crippen molar-refractivity contribution < 1.29 is 9.53 Å². The van der Waals surface area contributed by atoms with Crippen molar-refractivity contribution in [3.8, 4) is 5.75 Å². The van der Waals surface area contributed by atoms with Crippen LogP contribution in [0, 0.1) is 6.07 Å². The lowest BCUT2D eigenvalue weighted by atomic mass is 9.80. The molecule has 2 heteroatoms. The lowest BCUT2D eigenvalue weighted by Crippen LogP contribution is -2.19. The first-order valence-electron chi connectivity index (χ1n) is 6.83. The number of carbonyl (C=O) groups excluding carboxylic acids is 1. The van der Waals surface area contributed by atoms with Crippen LogP contribution in [-0.2, 0) is 15.6 Å². The number of ether oxygens (including phenoxy) is 1. The molecule has 0 N–H and O–H groups in total. The highest BCUT2D eigenvalue weighted by atomic mass is 16.5. The average molecular weight is 261 g/mol. The van der Waals surface area contributed by atoms with Gasteiger partial charge < -0.3 is 4.74 Å². The molecule has 0 amide bonds. The van der Waals surface area contributed by atoms with Crippen LogP contribution in [0.25, 0.3) is 0 Å². The molecule has 19 heavy (non-hydrogen) atoms. The fraction of sp³-hybridized carbons (Fsp3) is 0.588. The number of hydrogen-bond acceptors (Lipinski definition) is 2. The molecule has 0 unspecified atom stereocenters. The van der Waals surface area contributed by atoms with E-state index in [0.717, 1.165) is 11.1 Å². The van der Waals surface area contributed by atoms with Gasteiger partial charge in [-0.1, -0.05) is 54.5 Å². The molecular weight excluding hydrogens is 236 g/mol. The predicted molar refractivity (Wildman–Crippen MR) is 78.6 cm³/mol. The highest BCUT2D eigenvalue weighted by Crippen LogP contribution is 2.35. The summed E-state index contributed by atoms with van der Waals surface area (Å²) in [6, 6.07) is 7.33. The fourth-order valence-corrected chi connectivity index (χ4v) is 1.75. The summed E-state index contributed by atoms with van der Waals surface area (Å²) in [5.74, 6) is 0.426. The summed E-state index contributed by atoms with van der Waals surface area (Å²) in [7, 11) is 0. The van der Waals surface area contributed by atoms with Crippen molar-refractivity contribution in [2.75, 3.05) is 0 Å². The minimum absolute atomic E-state index is 0.0350. The largest absolute Gasteiger partial charge is 0.426 e. The van der Waals surface area contributed by atoms with E-state index in [1.807, 2.05) is 12.1 Å². The molecular formula is C17H25O2. The number of benzene rings is 1. The molecule has 0 aromatic heterocycles. The van der Waals surface area contributed by atoms with Gasteiger partial charge in [0.05, 0.1) is 0 Å². The van der Waals surface area contributed by atoms with E-state index in [0.29, 0.717) is 12.2 Å². The first-order valence-corrected chi connectivity index (χ1v) is 6.83. The van der Waals surface area contributed by atoms with Crippen LogP contribution in [0.3, 0.4) is 0 Å². The van der Waals surface area contributed by atoms with Gasteiger partial charge in [-0.15, -0.1) is 0 Å². The molecule has 0 aliphatic carbocycles. The molecule has 1 aromatic rings. The topological polar surface area (TPSA) is 26.3 Å². The Bertz CT molecular complexity index is 459. The second-order valence-corrected chi connectivity index (χ2v) is 6.94. The highest BCUT2D eigenvalue weighted by molar-refractivity contribution is 5.72. The van der Waals surface area contributed by atoms with Gasteiger partial charge >= 0.3 is 5.97 Å². The average Bonchev–Trinajstić information content (AvgIpc) is 2.26. The Morgan fingerprint density at radius 2 is 1.68 bits per heavy atom. The third kappa shape index (κ3) is 4.09. The second-order valence-electron chi connectivity index (χ2n) is 6.94. The van der Waals surface area contributed by atoms with E-state index in [2.05, 4.69) is 47.6 Å². The number of rotatable bonds is 2. The zero-order chi connectivity index (χ0) is 14.8. The summed E-state index contributed by atoms with van der Waals surface area (Å²) >= 11 is 0. The molecule has 0 aliphatic rings. The summed E-state index contributed by atoms with van der Waals surface area (Å²) in [6.45, 7) is 14.6. The van der Waals surface area contributed by atoms with E-state index in [1.165, 1.54) is 0 Å². The monoisotopic (exact) mass is 261 g/mol. The minimum Gasteiger partial charge on any atom is -0.426 e. The van der Waals surface area contributed by atoms with Crippen molar-refractivity contribution in [2.45, 2.75) is 65.7 Å². The standard InChI is InChI=1S/C17H25O2/c1-8-15(18)19-14-10-9-12(16(2,3)4)11-13(14)17(5,6)7/h9-10H,8H2,1-7H3. The first-order chi connectivity index (χ1) is 8.55. The SMILES string of the molecule is CCC(=O)Oc1ccc(C(C)(C)C)[c]c1C(C)(C)C. The van der Waals surface area contributed by atoms with Crippen molar-refractivity contribution in [2.24, 2.45) is 0 Å². The van der Waals surface area contributed by atoms with Crippen LogP contribution < -0.4 is 4.74 Å². The van der Waals surface area contributed by atoms with Crippen LogP contribution in [0.2, 0.25) is 0 Å². The summed E-state index contributed by atoms with van der Waals surface area (Å²) in [4.78, 5) is 11.5. The molecule has 105 valence electrons. The van der Waals surface area contributed by atoms with E-state index in [-0.39, 0.29) is 16.8 Å². The number of hydrogen-bond donors (Lipinski definition) is 0. The molecule has 0 bridgehead atoms. The Hall–Kier alpha value is -1.31. The molecule has 0 atom stereocenters. The summed E-state index contributed by atoms with van der Waals surface area (Å²) < 4.78 is 5.42. The van der Waals surface area contributed by atoms with Gasteiger partial charge in [0.2, 0.25) is 0 Å². The van der Waals surface area contributed by atoms with Crippen molar-refractivity contribution in [3.05, 3.63) is 29.3 Å². The summed E-state index contributed by atoms with van der Waals surface area (Å²) in [5.41, 5.74) is 2.02. The van der Waals surface area contributed by atoms with Crippen LogP contribution in [-0.4, -0.2) is 5.97 Å². The van der Waals surface area contributed by atoms with Crippen LogP contribution in [0.15, 0.2) is 12.1 Å². The Kier molecular flexibility index (Phi) is 4.44. The lowest BCUT2D eigenvalue weighted by Gasteiger charge is -2.26. The van der Waals surface area contributed by atoms with Crippen molar-refractivity contribution in [1.29, 1.82) is 0 Å². The van der Waals surface area contributed by atoms with Gasteiger partial charge in [-0.25, -0.2) is 0 Å². The zero-order valence-electron chi connectivity index (χ0n) is 13.2. The van der Waals surface area contributed by atoms with E-state index in [4.69, 9.17) is 4.74 Å². The third-order valence-corrected chi connectivity index (χ3v) is 2.98. The van der Waals surface area contributed by atoms with Gasteiger partial charge in [0.25, 0.3) is 0 Å². The Balaban J connectivity index is 3.29. The molecule has 0 saturated carbocycles.